The summed E-state index contributed by atoms with van der Waals surface area (Å²) in [6, 6.07) is 5.84. The molecule has 0 aliphatic heterocycles. The predicted octanol–water partition coefficient (Wildman–Crippen LogP) is 3.03. The van der Waals surface area contributed by atoms with Gasteiger partial charge in [0.2, 0.25) is 0 Å². The van der Waals surface area contributed by atoms with E-state index in [-0.39, 0.29) is 0 Å². The van der Waals surface area contributed by atoms with Gasteiger partial charge < -0.3 is 5.11 Å². The van der Waals surface area contributed by atoms with Gasteiger partial charge in [-0.2, -0.15) is 0 Å². The molecule has 0 saturated heterocycles. The molecule has 0 atom stereocenters. The molecule has 2 heteroatoms. The Bertz CT molecular complexity index is 235. The average molecular weight is 214 g/mol. The van der Waals surface area contributed by atoms with Crippen molar-refractivity contribution in [3.05, 3.63) is 39.9 Å². The van der Waals surface area contributed by atoms with Gasteiger partial charge in [0.05, 0.1) is 0 Å². The summed E-state index contributed by atoms with van der Waals surface area (Å²) in [6.45, 7) is 3.68. The van der Waals surface area contributed by atoms with E-state index in [2.05, 4.69) is 15.9 Å². The molecule has 1 N–H and O–H groups in total. The fourth-order valence-corrected chi connectivity index (χ4v) is 1.55. The van der Waals surface area contributed by atoms with Crippen LogP contribution in [-0.4, -0.2) is 5.11 Å². The molecule has 0 spiro atoms. The van der Waals surface area contributed by atoms with Crippen molar-refractivity contribution in [2.75, 3.05) is 0 Å². The Morgan fingerprint density at radius 1 is 1.36 bits per heavy atom. The summed E-state index contributed by atoms with van der Waals surface area (Å²) in [7, 11) is 0. The van der Waals surface area contributed by atoms with Gasteiger partial charge in [-0.25, -0.2) is 0 Å². The van der Waals surface area contributed by atoms with Crippen LogP contribution in [0.2, 0.25) is 0 Å². The Balaban J connectivity index is 3.08. The molecule has 0 unspecified atom stereocenters. The van der Waals surface area contributed by atoms with Crippen LogP contribution < -0.4 is 0 Å². The topological polar surface area (TPSA) is 20.2 Å². The third-order valence-corrected chi connectivity index (χ3v) is 1.92. The molecule has 0 saturated carbocycles. The van der Waals surface area contributed by atoms with Gasteiger partial charge in [-0.1, -0.05) is 22.0 Å². The van der Waals surface area contributed by atoms with E-state index in [0.717, 1.165) is 15.6 Å². The van der Waals surface area contributed by atoms with Crippen molar-refractivity contribution in [2.24, 2.45) is 0 Å². The maximum atomic E-state index is 9.17. The first-order valence-electron chi connectivity index (χ1n) is 3.39. The van der Waals surface area contributed by atoms with Crippen LogP contribution in [0.25, 0.3) is 0 Å². The van der Waals surface area contributed by atoms with Crippen LogP contribution in [0.4, 0.5) is 0 Å². The van der Waals surface area contributed by atoms with Crippen molar-refractivity contribution in [2.45, 2.75) is 13.8 Å². The second kappa shape index (κ2) is 3.37. The number of rotatable bonds is 1. The maximum absolute atomic E-state index is 9.17. The molecule has 0 aliphatic carbocycles. The second-order valence-corrected chi connectivity index (χ2v) is 3.52. The number of aliphatic hydroxyl groups excluding tert-OH is 1. The predicted molar refractivity (Wildman–Crippen MR) is 48.8 cm³/mol. The standard InChI is InChI=1S/C9H10BrO/c1-6-3-8(7(2)11)5-9(10)4-6/h3-5,11H,1-2H3. The molecule has 59 valence electrons. The highest BCUT2D eigenvalue weighted by molar-refractivity contribution is 9.10. The van der Waals surface area contributed by atoms with Gasteiger partial charge in [-0.15, -0.1) is 0 Å². The van der Waals surface area contributed by atoms with Crippen molar-refractivity contribution >= 4 is 15.9 Å². The summed E-state index contributed by atoms with van der Waals surface area (Å²) in [5, 5.41) is 9.17. The quantitative estimate of drug-likeness (QED) is 0.761. The highest BCUT2D eigenvalue weighted by atomic mass is 79.9. The van der Waals surface area contributed by atoms with Crippen molar-refractivity contribution in [3.8, 4) is 0 Å². The van der Waals surface area contributed by atoms with Crippen LogP contribution in [0.15, 0.2) is 22.7 Å². The molecule has 0 amide bonds. The normalized spacial score (nSPS) is 10.6. The Labute approximate surface area is 75.2 Å². The SMILES string of the molecule is C[C](O)c1cc(C)cc(Br)c1. The van der Waals surface area contributed by atoms with E-state index in [1.807, 2.05) is 25.1 Å². The third-order valence-electron chi connectivity index (χ3n) is 1.46. The number of aliphatic hydroxyl groups is 1. The fraction of sp³-hybridized carbons (Fsp3) is 0.222. The summed E-state index contributed by atoms with van der Waals surface area (Å²) in [4.78, 5) is 0. The average Bonchev–Trinajstić information content (AvgIpc) is 1.85. The number of aryl methyl sites for hydroxylation is 1. The zero-order valence-electron chi connectivity index (χ0n) is 6.56. The molecule has 1 radical (unpaired) electrons. The monoisotopic (exact) mass is 213 g/mol. The highest BCUT2D eigenvalue weighted by Gasteiger charge is 2.02. The fourth-order valence-electron chi connectivity index (χ4n) is 0.945. The lowest BCUT2D eigenvalue weighted by Gasteiger charge is -2.04. The van der Waals surface area contributed by atoms with E-state index in [4.69, 9.17) is 5.11 Å². The summed E-state index contributed by atoms with van der Waals surface area (Å²) >= 11 is 3.36. The number of benzene rings is 1. The smallest absolute Gasteiger partial charge is 0.119 e. The van der Waals surface area contributed by atoms with Gasteiger partial charge in [-0.05, 0) is 37.1 Å². The zero-order chi connectivity index (χ0) is 8.43. The van der Waals surface area contributed by atoms with Crippen LogP contribution in [0.1, 0.15) is 18.1 Å². The van der Waals surface area contributed by atoms with Gasteiger partial charge in [0.15, 0.2) is 0 Å². The number of halogens is 1. The van der Waals surface area contributed by atoms with Gasteiger partial charge in [0.25, 0.3) is 0 Å². The number of hydrogen-bond acceptors (Lipinski definition) is 1. The van der Waals surface area contributed by atoms with E-state index >= 15 is 0 Å². The molecule has 0 fully saturated rings. The van der Waals surface area contributed by atoms with Crippen LogP contribution in [0, 0.1) is 13.0 Å². The maximum Gasteiger partial charge on any atom is 0.119 e. The van der Waals surface area contributed by atoms with Gasteiger partial charge in [0, 0.05) is 4.47 Å². The second-order valence-electron chi connectivity index (χ2n) is 2.60. The lowest BCUT2D eigenvalue weighted by atomic mass is 10.1. The van der Waals surface area contributed by atoms with E-state index in [1.165, 1.54) is 0 Å². The van der Waals surface area contributed by atoms with E-state index in [1.54, 1.807) is 6.92 Å². The van der Waals surface area contributed by atoms with E-state index in [0.29, 0.717) is 6.10 Å². The van der Waals surface area contributed by atoms with Crippen LogP contribution >= 0.6 is 15.9 Å². The number of hydrogen-bond donors (Lipinski definition) is 1. The minimum atomic E-state index is 0.356. The third kappa shape index (κ3) is 2.31. The van der Waals surface area contributed by atoms with Gasteiger partial charge in [-0.3, -0.25) is 0 Å². The molecular weight excluding hydrogens is 204 g/mol. The first kappa shape index (κ1) is 8.75. The molecule has 0 aromatic heterocycles. The molecular formula is C9H10BrO. The molecule has 0 heterocycles. The first-order valence-corrected chi connectivity index (χ1v) is 4.19. The van der Waals surface area contributed by atoms with Crippen molar-refractivity contribution in [3.63, 3.8) is 0 Å². The van der Waals surface area contributed by atoms with Crippen molar-refractivity contribution in [1.29, 1.82) is 0 Å². The summed E-state index contributed by atoms with van der Waals surface area (Å²) < 4.78 is 1.00. The summed E-state index contributed by atoms with van der Waals surface area (Å²) in [6.07, 6.45) is 0.356. The van der Waals surface area contributed by atoms with Crippen LogP contribution in [0.5, 0.6) is 0 Å². The van der Waals surface area contributed by atoms with E-state index < -0.39 is 0 Å². The van der Waals surface area contributed by atoms with Gasteiger partial charge in [0.1, 0.15) is 6.10 Å². The summed E-state index contributed by atoms with van der Waals surface area (Å²) in [5.74, 6) is 0. The first-order chi connectivity index (χ1) is 5.09. The summed E-state index contributed by atoms with van der Waals surface area (Å²) in [5.41, 5.74) is 2.01. The minimum Gasteiger partial charge on any atom is -0.382 e. The Hall–Kier alpha value is -0.340. The Kier molecular flexibility index (Phi) is 2.68. The molecule has 0 aliphatic rings. The Morgan fingerprint density at radius 2 is 2.00 bits per heavy atom. The molecule has 1 aromatic rings. The molecule has 11 heavy (non-hydrogen) atoms. The lowest BCUT2D eigenvalue weighted by Crippen LogP contribution is -1.92. The molecule has 1 rings (SSSR count). The van der Waals surface area contributed by atoms with Crippen LogP contribution in [-0.2, 0) is 0 Å². The van der Waals surface area contributed by atoms with Gasteiger partial charge >= 0.3 is 0 Å². The van der Waals surface area contributed by atoms with Crippen molar-refractivity contribution in [1.82, 2.24) is 0 Å². The molecule has 0 bridgehead atoms. The van der Waals surface area contributed by atoms with E-state index in [9.17, 15) is 0 Å². The highest BCUT2D eigenvalue weighted by Crippen LogP contribution is 2.19. The van der Waals surface area contributed by atoms with Crippen molar-refractivity contribution < 1.29 is 5.11 Å². The molecule has 1 aromatic carbocycles. The minimum absolute atomic E-state index is 0.356. The lowest BCUT2D eigenvalue weighted by molar-refractivity contribution is 0.341. The van der Waals surface area contributed by atoms with Crippen LogP contribution in [0.3, 0.4) is 0 Å². The molecule has 1 nitrogen and oxygen atoms in total. The largest absolute Gasteiger partial charge is 0.382 e. The zero-order valence-corrected chi connectivity index (χ0v) is 8.14. The Morgan fingerprint density at radius 3 is 2.45 bits per heavy atom.